The predicted molar refractivity (Wildman–Crippen MR) is 114 cm³/mol. The molecule has 2 amide bonds. The molecule has 1 saturated heterocycles. The van der Waals surface area contributed by atoms with Crippen molar-refractivity contribution in [3.8, 4) is 0 Å². The first-order valence-corrected chi connectivity index (χ1v) is 11.3. The highest BCUT2D eigenvalue weighted by Crippen LogP contribution is 2.35. The van der Waals surface area contributed by atoms with Gasteiger partial charge in [-0.1, -0.05) is 22.0 Å². The van der Waals surface area contributed by atoms with Crippen molar-refractivity contribution in [2.45, 2.75) is 42.3 Å². The Balaban J connectivity index is 1.64. The van der Waals surface area contributed by atoms with E-state index in [2.05, 4.69) is 36.4 Å². The van der Waals surface area contributed by atoms with E-state index in [0.717, 1.165) is 0 Å². The molecule has 4 unspecified atom stereocenters. The van der Waals surface area contributed by atoms with Crippen LogP contribution in [0.15, 0.2) is 40.2 Å². The highest BCUT2D eigenvalue weighted by molar-refractivity contribution is 9.09. The maximum Gasteiger partial charge on any atom is 0.572 e. The van der Waals surface area contributed by atoms with Gasteiger partial charge in [0.05, 0.1) is 24.8 Å². The normalized spacial score (nSPS) is 30.5. The molecule has 0 bridgehead atoms. The lowest BCUT2D eigenvalue weighted by molar-refractivity contribution is -0.306. The van der Waals surface area contributed by atoms with Crippen LogP contribution in [0.3, 0.4) is 0 Å². The number of hydrogen-bond donors (Lipinski definition) is 2. The molecule has 180 valence electrons. The number of halogens is 5. The third-order valence-corrected chi connectivity index (χ3v) is 6.09. The Morgan fingerprint density at radius 3 is 2.79 bits per heavy atom. The number of nitrogens with one attached hydrogen (secondary N) is 2. The topological polar surface area (TPSA) is 86.3 Å². The van der Waals surface area contributed by atoms with Crippen LogP contribution in [0.5, 0.6) is 0 Å². The molecule has 3 aliphatic heterocycles. The van der Waals surface area contributed by atoms with Crippen molar-refractivity contribution < 1.29 is 31.9 Å². The number of carbonyl (C=O) groups is 2. The van der Waals surface area contributed by atoms with E-state index in [1.807, 2.05) is 0 Å². The first-order valence-electron chi connectivity index (χ1n) is 10.4. The summed E-state index contributed by atoms with van der Waals surface area (Å²) in [5.41, 5.74) is 3.83. The molecule has 0 saturated carbocycles. The molecule has 0 aromatic heterocycles. The van der Waals surface area contributed by atoms with Gasteiger partial charge in [0.15, 0.2) is 0 Å². The van der Waals surface area contributed by atoms with E-state index in [1.54, 1.807) is 23.4 Å². The highest BCUT2D eigenvalue weighted by atomic mass is 79.9. The molecule has 0 spiro atoms. The standard InChI is InChI=1S/C20H22BrF4N5O3/c21-12-3-11(4-15(5-12)33-20(23,24)25)17-7-16(19(32)29-2-1-27-18(31)10-29)28-30(17)14-6-13(22)8-26-9-14/h3-4,7,9,12-14,16,28H,1-2,5-6,8,10H2,(H,27,31). The summed E-state index contributed by atoms with van der Waals surface area (Å²) in [6.45, 7) is 0.601. The Hall–Kier alpha value is -2.41. The fraction of sp³-hybridized carbons (Fsp3) is 0.550. The van der Waals surface area contributed by atoms with Gasteiger partial charge in [-0.15, -0.1) is 13.2 Å². The summed E-state index contributed by atoms with van der Waals surface area (Å²) in [6.07, 6.45) is 0.166. The minimum atomic E-state index is -4.84. The van der Waals surface area contributed by atoms with Gasteiger partial charge >= 0.3 is 6.36 Å². The predicted octanol–water partition coefficient (Wildman–Crippen LogP) is 1.71. The van der Waals surface area contributed by atoms with Gasteiger partial charge in [0.2, 0.25) is 11.8 Å². The molecule has 0 radical (unpaired) electrons. The van der Waals surface area contributed by atoms with Crippen molar-refractivity contribution in [1.29, 1.82) is 0 Å². The van der Waals surface area contributed by atoms with Crippen LogP contribution in [0.25, 0.3) is 0 Å². The second kappa shape index (κ2) is 9.45. The monoisotopic (exact) mass is 535 g/mol. The lowest BCUT2D eigenvalue weighted by atomic mass is 10.00. The van der Waals surface area contributed by atoms with Gasteiger partial charge in [0.25, 0.3) is 0 Å². The van der Waals surface area contributed by atoms with Gasteiger partial charge in [0, 0.05) is 37.0 Å². The van der Waals surface area contributed by atoms with Crippen molar-refractivity contribution in [1.82, 2.24) is 20.7 Å². The van der Waals surface area contributed by atoms with Crippen LogP contribution >= 0.6 is 15.9 Å². The van der Waals surface area contributed by atoms with E-state index < -0.39 is 29.4 Å². The molecule has 3 heterocycles. The summed E-state index contributed by atoms with van der Waals surface area (Å²) in [5.74, 6) is -0.926. The van der Waals surface area contributed by atoms with E-state index in [1.165, 1.54) is 11.0 Å². The minimum Gasteiger partial charge on any atom is -0.410 e. The summed E-state index contributed by atoms with van der Waals surface area (Å²) in [5, 5.41) is 4.20. The molecule has 0 aromatic carbocycles. The summed E-state index contributed by atoms with van der Waals surface area (Å²) in [7, 11) is 0. The Kier molecular flexibility index (Phi) is 6.80. The Morgan fingerprint density at radius 1 is 1.30 bits per heavy atom. The third kappa shape index (κ3) is 5.75. The smallest absolute Gasteiger partial charge is 0.410 e. The zero-order chi connectivity index (χ0) is 23.8. The maximum absolute atomic E-state index is 14.1. The molecule has 1 aliphatic carbocycles. The fourth-order valence-corrected chi connectivity index (χ4v) is 4.73. The minimum absolute atomic E-state index is 0.00753. The van der Waals surface area contributed by atoms with Gasteiger partial charge in [-0.05, 0) is 17.7 Å². The molecular weight excluding hydrogens is 514 g/mol. The Labute approximate surface area is 195 Å². The zero-order valence-electron chi connectivity index (χ0n) is 17.3. The first-order chi connectivity index (χ1) is 15.6. The Bertz CT molecular complexity index is 935. The molecule has 13 heteroatoms. The number of rotatable bonds is 4. The molecular formula is C20H22BrF4N5O3. The number of hydrogen-bond acceptors (Lipinski definition) is 6. The van der Waals surface area contributed by atoms with Crippen LogP contribution in [0.4, 0.5) is 17.6 Å². The van der Waals surface area contributed by atoms with E-state index >= 15 is 0 Å². The van der Waals surface area contributed by atoms with E-state index in [0.29, 0.717) is 24.4 Å². The lowest BCUT2D eigenvalue weighted by Crippen LogP contribution is -2.56. The maximum atomic E-state index is 14.1. The van der Waals surface area contributed by atoms with Crippen molar-refractivity contribution in [3.63, 3.8) is 0 Å². The van der Waals surface area contributed by atoms with Crippen LogP contribution < -0.4 is 10.7 Å². The van der Waals surface area contributed by atoms with Crippen LogP contribution in [0.2, 0.25) is 0 Å². The Morgan fingerprint density at radius 2 is 2.09 bits per heavy atom. The van der Waals surface area contributed by atoms with Crippen molar-refractivity contribution in [2.24, 2.45) is 4.99 Å². The third-order valence-electron chi connectivity index (χ3n) is 5.50. The van der Waals surface area contributed by atoms with Crippen molar-refractivity contribution >= 4 is 34.0 Å². The van der Waals surface area contributed by atoms with Gasteiger partial charge in [-0.25, -0.2) is 9.82 Å². The highest BCUT2D eigenvalue weighted by Gasteiger charge is 2.39. The second-order valence-electron chi connectivity index (χ2n) is 8.05. The fourth-order valence-electron chi connectivity index (χ4n) is 4.13. The number of alkyl halides is 5. The molecule has 4 aliphatic rings. The summed E-state index contributed by atoms with van der Waals surface area (Å²) < 4.78 is 56.6. The summed E-state index contributed by atoms with van der Waals surface area (Å²) in [6, 6.07) is -1.43. The van der Waals surface area contributed by atoms with Crippen molar-refractivity contribution in [2.75, 3.05) is 26.2 Å². The summed E-state index contributed by atoms with van der Waals surface area (Å²) >= 11 is 3.33. The SMILES string of the molecule is O=C1CN(C(=O)C2C=C(C3=CC(Br)CC(OC(F)(F)F)=C3)N(C3C=NCC(F)C3)N2)CCN1. The van der Waals surface area contributed by atoms with Gasteiger partial charge in [-0.3, -0.25) is 19.6 Å². The number of ether oxygens (including phenoxy) is 1. The van der Waals surface area contributed by atoms with Crippen molar-refractivity contribution in [3.05, 3.63) is 35.3 Å². The molecule has 2 N–H and O–H groups in total. The number of piperazine rings is 1. The largest absolute Gasteiger partial charge is 0.572 e. The average molecular weight is 536 g/mol. The molecule has 4 rings (SSSR count). The van der Waals surface area contributed by atoms with E-state index in [-0.39, 0.29) is 43.5 Å². The molecule has 4 atom stereocenters. The van der Waals surface area contributed by atoms with E-state index in [4.69, 9.17) is 0 Å². The second-order valence-corrected chi connectivity index (χ2v) is 9.23. The lowest BCUT2D eigenvalue weighted by Gasteiger charge is -2.34. The van der Waals surface area contributed by atoms with Gasteiger partial charge < -0.3 is 15.0 Å². The van der Waals surface area contributed by atoms with Crippen LogP contribution in [-0.2, 0) is 14.3 Å². The van der Waals surface area contributed by atoms with Crippen LogP contribution in [0.1, 0.15) is 12.8 Å². The van der Waals surface area contributed by atoms with Gasteiger partial charge in [0.1, 0.15) is 18.0 Å². The van der Waals surface area contributed by atoms with Crippen LogP contribution in [-0.4, -0.2) is 83.6 Å². The van der Waals surface area contributed by atoms with Crippen LogP contribution in [0, 0.1) is 0 Å². The number of aliphatic imine (C=N–C) groups is 1. The summed E-state index contributed by atoms with van der Waals surface area (Å²) in [4.78, 5) is 29.8. The van der Waals surface area contributed by atoms with Gasteiger partial charge in [-0.2, -0.15) is 0 Å². The number of amides is 2. The quantitative estimate of drug-likeness (QED) is 0.423. The average Bonchev–Trinajstić information content (AvgIpc) is 3.17. The number of hydrazine groups is 1. The molecule has 33 heavy (non-hydrogen) atoms. The number of carbonyl (C=O) groups excluding carboxylic acids is 2. The molecule has 0 aromatic rings. The number of nitrogens with zero attached hydrogens (tertiary/aromatic N) is 3. The first kappa shape index (κ1) is 23.7. The molecule has 1 fully saturated rings. The molecule has 8 nitrogen and oxygen atoms in total. The van der Waals surface area contributed by atoms with E-state index in [9.17, 15) is 27.2 Å². The number of allylic oxidation sites excluding steroid dienone is 3. The zero-order valence-corrected chi connectivity index (χ0v) is 18.9.